The number of nitriles is 2. The molecule has 0 aliphatic carbocycles. The highest BCUT2D eigenvalue weighted by Crippen LogP contribution is 2.24. The van der Waals surface area contributed by atoms with Crippen molar-refractivity contribution < 1.29 is 9.18 Å². The van der Waals surface area contributed by atoms with Crippen LogP contribution in [0.2, 0.25) is 0 Å². The number of halogens is 1. The van der Waals surface area contributed by atoms with E-state index in [9.17, 15) is 9.18 Å². The van der Waals surface area contributed by atoms with Crippen LogP contribution >= 0.6 is 0 Å². The molecule has 0 bridgehead atoms. The summed E-state index contributed by atoms with van der Waals surface area (Å²) in [5.74, 6) is -1.25. The highest BCUT2D eigenvalue weighted by Gasteiger charge is 2.31. The third kappa shape index (κ3) is 2.46. The molecule has 0 radical (unpaired) electrons. The molecule has 0 aromatic heterocycles. The van der Waals surface area contributed by atoms with E-state index < -0.39 is 17.1 Å². The van der Waals surface area contributed by atoms with Gasteiger partial charge in [0.25, 0.3) is 0 Å². The molecular weight excluding hydrogens is 233 g/mol. The third-order valence-corrected chi connectivity index (χ3v) is 2.83. The van der Waals surface area contributed by atoms with Crippen molar-refractivity contribution in [3.05, 3.63) is 29.6 Å². The molecule has 1 N–H and O–H groups in total. The van der Waals surface area contributed by atoms with Crippen molar-refractivity contribution in [3.63, 3.8) is 0 Å². The standard InChI is InChI=1S/C13H12FN3O/c1-3-13(2,8-16)12(18)17-11-6-4-5-10(14)9(11)7-15/h4-6H,3H2,1-2H3,(H,17,18). The van der Waals surface area contributed by atoms with Crippen molar-refractivity contribution in [2.45, 2.75) is 20.3 Å². The molecule has 1 rings (SSSR count). The Balaban J connectivity index is 3.08. The number of carbonyl (C=O) groups excluding carboxylic acids is 1. The lowest BCUT2D eigenvalue weighted by Gasteiger charge is -2.19. The second kappa shape index (κ2) is 5.29. The average Bonchev–Trinajstić information content (AvgIpc) is 2.38. The van der Waals surface area contributed by atoms with Crippen molar-refractivity contribution in [3.8, 4) is 12.1 Å². The zero-order valence-electron chi connectivity index (χ0n) is 10.1. The van der Waals surface area contributed by atoms with Crippen LogP contribution in [0.25, 0.3) is 0 Å². The third-order valence-electron chi connectivity index (χ3n) is 2.83. The van der Waals surface area contributed by atoms with Crippen molar-refractivity contribution in [1.29, 1.82) is 10.5 Å². The Labute approximate surface area is 105 Å². The van der Waals surface area contributed by atoms with Gasteiger partial charge in [-0.1, -0.05) is 13.0 Å². The van der Waals surface area contributed by atoms with E-state index in [1.54, 1.807) is 13.0 Å². The number of benzene rings is 1. The fraction of sp³-hybridized carbons (Fsp3) is 0.308. The minimum absolute atomic E-state index is 0.0809. The minimum Gasteiger partial charge on any atom is -0.323 e. The highest BCUT2D eigenvalue weighted by atomic mass is 19.1. The van der Waals surface area contributed by atoms with Crippen LogP contribution in [0.3, 0.4) is 0 Å². The second-order valence-electron chi connectivity index (χ2n) is 4.03. The lowest BCUT2D eigenvalue weighted by Crippen LogP contribution is -2.31. The van der Waals surface area contributed by atoms with Crippen molar-refractivity contribution in [1.82, 2.24) is 0 Å². The number of rotatable bonds is 3. The molecule has 4 nitrogen and oxygen atoms in total. The monoisotopic (exact) mass is 245 g/mol. The van der Waals surface area contributed by atoms with E-state index in [-0.39, 0.29) is 11.3 Å². The summed E-state index contributed by atoms with van der Waals surface area (Å²) in [6, 6.07) is 7.55. The number of carbonyl (C=O) groups is 1. The molecule has 0 fully saturated rings. The van der Waals surface area contributed by atoms with Gasteiger partial charge in [-0.3, -0.25) is 4.79 Å². The van der Waals surface area contributed by atoms with Crippen LogP contribution in [0.1, 0.15) is 25.8 Å². The quantitative estimate of drug-likeness (QED) is 0.889. The summed E-state index contributed by atoms with van der Waals surface area (Å²) in [4.78, 5) is 11.9. The van der Waals surface area contributed by atoms with Crippen LogP contribution in [0, 0.1) is 33.9 Å². The Morgan fingerprint density at radius 2 is 2.17 bits per heavy atom. The van der Waals surface area contributed by atoms with Crippen LogP contribution in [0.15, 0.2) is 18.2 Å². The molecule has 92 valence electrons. The van der Waals surface area contributed by atoms with Gasteiger partial charge < -0.3 is 5.32 Å². The summed E-state index contributed by atoms with van der Waals surface area (Å²) in [6.07, 6.45) is 0.326. The fourth-order valence-corrected chi connectivity index (χ4v) is 1.29. The molecule has 5 heteroatoms. The summed E-state index contributed by atoms with van der Waals surface area (Å²) in [7, 11) is 0. The molecule has 1 aromatic carbocycles. The van der Waals surface area contributed by atoms with Crippen LogP contribution in [-0.4, -0.2) is 5.91 Å². The maximum atomic E-state index is 13.3. The number of hydrogen-bond acceptors (Lipinski definition) is 3. The summed E-state index contributed by atoms with van der Waals surface area (Å²) >= 11 is 0. The number of nitrogens with zero attached hydrogens (tertiary/aromatic N) is 2. The smallest absolute Gasteiger partial charge is 0.244 e. The molecular formula is C13H12FN3O. The Morgan fingerprint density at radius 1 is 1.50 bits per heavy atom. The molecule has 0 aliphatic rings. The first-order valence-corrected chi connectivity index (χ1v) is 5.39. The maximum absolute atomic E-state index is 13.3. The molecule has 0 saturated heterocycles. The van der Waals surface area contributed by atoms with E-state index >= 15 is 0 Å². The molecule has 1 aromatic rings. The maximum Gasteiger partial charge on any atom is 0.244 e. The normalized spacial score (nSPS) is 12.9. The number of anilines is 1. The van der Waals surface area contributed by atoms with Gasteiger partial charge in [-0.15, -0.1) is 0 Å². The zero-order chi connectivity index (χ0) is 13.8. The largest absolute Gasteiger partial charge is 0.323 e. The van der Waals surface area contributed by atoms with Crippen LogP contribution in [-0.2, 0) is 4.79 Å². The van der Waals surface area contributed by atoms with E-state index in [1.807, 2.05) is 6.07 Å². The SMILES string of the molecule is CCC(C)(C#N)C(=O)Nc1cccc(F)c1C#N. The van der Waals surface area contributed by atoms with Crippen molar-refractivity contribution >= 4 is 11.6 Å². The van der Waals surface area contributed by atoms with Gasteiger partial charge in [0.15, 0.2) is 0 Å². The summed E-state index contributed by atoms with van der Waals surface area (Å²) in [6.45, 7) is 3.20. The first-order valence-electron chi connectivity index (χ1n) is 5.39. The van der Waals surface area contributed by atoms with Gasteiger partial charge in [0.2, 0.25) is 5.91 Å². The molecule has 1 atom stereocenters. The first-order chi connectivity index (χ1) is 8.48. The van der Waals surface area contributed by atoms with E-state index in [0.717, 1.165) is 6.07 Å². The van der Waals surface area contributed by atoms with Gasteiger partial charge in [-0.25, -0.2) is 4.39 Å². The Morgan fingerprint density at radius 3 is 2.67 bits per heavy atom. The number of nitrogens with one attached hydrogen (secondary N) is 1. The van der Waals surface area contributed by atoms with Crippen LogP contribution in [0.5, 0.6) is 0 Å². The first kappa shape index (κ1) is 13.7. The Kier molecular flexibility index (Phi) is 4.01. The second-order valence-corrected chi connectivity index (χ2v) is 4.03. The van der Waals surface area contributed by atoms with Gasteiger partial charge >= 0.3 is 0 Å². The van der Waals surface area contributed by atoms with Gasteiger partial charge in [0.05, 0.1) is 11.8 Å². The molecule has 1 unspecified atom stereocenters. The van der Waals surface area contributed by atoms with E-state index in [4.69, 9.17) is 10.5 Å². The molecule has 0 heterocycles. The number of amides is 1. The highest BCUT2D eigenvalue weighted by molar-refractivity contribution is 5.97. The fourth-order valence-electron chi connectivity index (χ4n) is 1.29. The summed E-state index contributed by atoms with van der Waals surface area (Å²) in [5.41, 5.74) is -1.35. The van der Waals surface area contributed by atoms with E-state index in [1.165, 1.54) is 19.1 Å². The Bertz CT molecular complexity index is 556. The lowest BCUT2D eigenvalue weighted by atomic mass is 9.88. The molecule has 0 aliphatic heterocycles. The van der Waals surface area contributed by atoms with Gasteiger partial charge in [0, 0.05) is 0 Å². The molecule has 1 amide bonds. The van der Waals surface area contributed by atoms with Gasteiger partial charge in [0.1, 0.15) is 22.9 Å². The van der Waals surface area contributed by atoms with Crippen LogP contribution < -0.4 is 5.32 Å². The summed E-state index contributed by atoms with van der Waals surface area (Å²) in [5, 5.41) is 20.2. The van der Waals surface area contributed by atoms with Crippen LogP contribution in [0.4, 0.5) is 10.1 Å². The molecule has 18 heavy (non-hydrogen) atoms. The Hall–Kier alpha value is -2.40. The summed E-state index contributed by atoms with van der Waals surface area (Å²) < 4.78 is 13.3. The molecule has 0 saturated carbocycles. The predicted molar refractivity (Wildman–Crippen MR) is 63.8 cm³/mol. The van der Waals surface area contributed by atoms with Gasteiger partial charge in [-0.2, -0.15) is 10.5 Å². The predicted octanol–water partition coefficient (Wildman–Crippen LogP) is 2.58. The number of hydrogen-bond donors (Lipinski definition) is 1. The molecule has 0 spiro atoms. The zero-order valence-corrected chi connectivity index (χ0v) is 10.1. The topological polar surface area (TPSA) is 76.7 Å². The van der Waals surface area contributed by atoms with Gasteiger partial charge in [-0.05, 0) is 25.5 Å². The van der Waals surface area contributed by atoms with E-state index in [0.29, 0.717) is 6.42 Å². The lowest BCUT2D eigenvalue weighted by molar-refractivity contribution is -0.122. The van der Waals surface area contributed by atoms with Crippen molar-refractivity contribution in [2.24, 2.45) is 5.41 Å². The van der Waals surface area contributed by atoms with Crippen molar-refractivity contribution in [2.75, 3.05) is 5.32 Å². The average molecular weight is 245 g/mol. The minimum atomic E-state index is -1.20. The van der Waals surface area contributed by atoms with E-state index in [2.05, 4.69) is 5.32 Å².